The largest absolute Gasteiger partial charge is 0.493 e. The van der Waals surface area contributed by atoms with Gasteiger partial charge in [0.25, 0.3) is 0 Å². The minimum Gasteiger partial charge on any atom is -0.493 e. The summed E-state index contributed by atoms with van der Waals surface area (Å²) in [6, 6.07) is 0.559. The second-order valence-electron chi connectivity index (χ2n) is 5.73. The van der Waals surface area contributed by atoms with Crippen LogP contribution in [0.15, 0.2) is 6.20 Å². The van der Waals surface area contributed by atoms with Crippen molar-refractivity contribution >= 4 is 0 Å². The van der Waals surface area contributed by atoms with Crippen molar-refractivity contribution in [2.75, 3.05) is 13.7 Å². The van der Waals surface area contributed by atoms with Gasteiger partial charge in [-0.3, -0.25) is 4.68 Å². The Hall–Kier alpha value is -1.03. The van der Waals surface area contributed by atoms with Gasteiger partial charge in [-0.05, 0) is 25.8 Å². The molecule has 0 aliphatic heterocycles. The molecular formula is C16H29N3O. The molecule has 0 spiro atoms. The van der Waals surface area contributed by atoms with Crippen molar-refractivity contribution in [3.8, 4) is 5.75 Å². The van der Waals surface area contributed by atoms with Gasteiger partial charge < -0.3 is 10.1 Å². The molecule has 20 heavy (non-hydrogen) atoms. The van der Waals surface area contributed by atoms with E-state index >= 15 is 0 Å². The number of aromatic nitrogens is 2. The highest BCUT2D eigenvalue weighted by molar-refractivity contribution is 5.30. The topological polar surface area (TPSA) is 39.1 Å². The lowest BCUT2D eigenvalue weighted by Gasteiger charge is -2.27. The highest BCUT2D eigenvalue weighted by Gasteiger charge is 2.30. The standard InChI is InChI=1S/C16H29N3O/c1-4-11-19-16(15(20-3)12-18-19)13-9-7-6-8-10-14(13)17-5-2/h12-14,17H,4-11H2,1-3H3. The number of hydrogen-bond acceptors (Lipinski definition) is 3. The molecule has 2 rings (SSSR count). The summed E-state index contributed by atoms with van der Waals surface area (Å²) in [6.45, 7) is 6.41. The first kappa shape index (κ1) is 15.4. The Balaban J connectivity index is 2.31. The molecule has 1 fully saturated rings. The van der Waals surface area contributed by atoms with Crippen molar-refractivity contribution in [2.45, 2.75) is 70.9 Å². The van der Waals surface area contributed by atoms with Gasteiger partial charge >= 0.3 is 0 Å². The fourth-order valence-corrected chi connectivity index (χ4v) is 3.44. The molecule has 0 bridgehead atoms. The van der Waals surface area contributed by atoms with E-state index < -0.39 is 0 Å². The van der Waals surface area contributed by atoms with E-state index in [9.17, 15) is 0 Å². The highest BCUT2D eigenvalue weighted by atomic mass is 16.5. The second-order valence-corrected chi connectivity index (χ2v) is 5.73. The molecule has 1 aromatic rings. The molecule has 0 saturated heterocycles. The number of methoxy groups -OCH3 is 1. The number of nitrogens with zero attached hydrogens (tertiary/aromatic N) is 2. The van der Waals surface area contributed by atoms with E-state index in [1.54, 1.807) is 7.11 Å². The van der Waals surface area contributed by atoms with E-state index in [1.807, 2.05) is 6.20 Å². The molecule has 1 N–H and O–H groups in total. The van der Waals surface area contributed by atoms with E-state index in [0.717, 1.165) is 25.3 Å². The fourth-order valence-electron chi connectivity index (χ4n) is 3.44. The smallest absolute Gasteiger partial charge is 0.160 e. The van der Waals surface area contributed by atoms with Crippen LogP contribution in [0.3, 0.4) is 0 Å². The number of ether oxygens (including phenoxy) is 1. The van der Waals surface area contributed by atoms with Gasteiger partial charge in [0.1, 0.15) is 0 Å². The summed E-state index contributed by atoms with van der Waals surface area (Å²) in [6.07, 6.45) is 9.49. The van der Waals surface area contributed by atoms with Crippen LogP contribution in [0.25, 0.3) is 0 Å². The predicted molar refractivity (Wildman–Crippen MR) is 82.4 cm³/mol. The van der Waals surface area contributed by atoms with Crippen LogP contribution in [0.5, 0.6) is 5.75 Å². The van der Waals surface area contributed by atoms with E-state index in [-0.39, 0.29) is 0 Å². The maximum atomic E-state index is 5.58. The zero-order valence-electron chi connectivity index (χ0n) is 13.2. The van der Waals surface area contributed by atoms with Gasteiger partial charge in [-0.1, -0.05) is 33.1 Å². The number of hydrogen-bond donors (Lipinski definition) is 1. The van der Waals surface area contributed by atoms with Crippen molar-refractivity contribution in [3.05, 3.63) is 11.9 Å². The van der Waals surface area contributed by atoms with Crippen molar-refractivity contribution in [2.24, 2.45) is 0 Å². The molecule has 0 aromatic carbocycles. The number of likely N-dealkylation sites (N-methyl/N-ethyl adjacent to an activating group) is 1. The van der Waals surface area contributed by atoms with Crippen LogP contribution in [-0.4, -0.2) is 29.5 Å². The Morgan fingerprint density at radius 2 is 2.10 bits per heavy atom. The first-order chi connectivity index (χ1) is 9.81. The molecule has 1 aliphatic rings. The Labute approximate surface area is 122 Å². The summed E-state index contributed by atoms with van der Waals surface area (Å²) in [5.74, 6) is 1.50. The zero-order chi connectivity index (χ0) is 14.4. The summed E-state index contributed by atoms with van der Waals surface area (Å²) >= 11 is 0. The first-order valence-corrected chi connectivity index (χ1v) is 8.14. The molecule has 1 aromatic heterocycles. The van der Waals surface area contributed by atoms with Gasteiger partial charge in [-0.2, -0.15) is 5.10 Å². The number of rotatable bonds is 6. The van der Waals surface area contributed by atoms with Gasteiger partial charge in [0, 0.05) is 18.5 Å². The van der Waals surface area contributed by atoms with E-state index in [0.29, 0.717) is 12.0 Å². The highest BCUT2D eigenvalue weighted by Crippen LogP contribution is 2.36. The van der Waals surface area contributed by atoms with Crippen molar-refractivity contribution in [1.82, 2.24) is 15.1 Å². The number of aryl methyl sites for hydroxylation is 1. The van der Waals surface area contributed by atoms with E-state index in [1.165, 1.54) is 37.8 Å². The van der Waals surface area contributed by atoms with Crippen molar-refractivity contribution in [1.29, 1.82) is 0 Å². The third-order valence-electron chi connectivity index (χ3n) is 4.33. The SMILES string of the molecule is CCCn1ncc(OC)c1C1CCCCCC1NCC. The summed E-state index contributed by atoms with van der Waals surface area (Å²) in [5, 5.41) is 8.23. The zero-order valence-corrected chi connectivity index (χ0v) is 13.2. The normalized spacial score (nSPS) is 23.6. The number of nitrogens with one attached hydrogen (secondary N) is 1. The van der Waals surface area contributed by atoms with Gasteiger partial charge in [0.05, 0.1) is 19.0 Å². The second kappa shape index (κ2) is 7.67. The van der Waals surface area contributed by atoms with Crippen molar-refractivity contribution in [3.63, 3.8) is 0 Å². The summed E-state index contributed by atoms with van der Waals surface area (Å²) in [7, 11) is 1.76. The summed E-state index contributed by atoms with van der Waals surface area (Å²) < 4.78 is 7.75. The van der Waals surface area contributed by atoms with Crippen LogP contribution in [0.1, 0.15) is 64.0 Å². The molecule has 2 unspecified atom stereocenters. The maximum absolute atomic E-state index is 5.58. The van der Waals surface area contributed by atoms with Gasteiger partial charge in [0.2, 0.25) is 0 Å². The van der Waals surface area contributed by atoms with Gasteiger partial charge in [-0.15, -0.1) is 0 Å². The van der Waals surface area contributed by atoms with Crippen LogP contribution < -0.4 is 10.1 Å². The molecule has 2 atom stereocenters. The summed E-state index contributed by atoms with van der Waals surface area (Å²) in [5.41, 5.74) is 1.31. The minimum absolute atomic E-state index is 0.529. The lowest BCUT2D eigenvalue weighted by molar-refractivity contribution is 0.363. The Morgan fingerprint density at radius 3 is 2.80 bits per heavy atom. The van der Waals surface area contributed by atoms with Gasteiger partial charge in [0.15, 0.2) is 5.75 Å². The monoisotopic (exact) mass is 279 g/mol. The molecule has 114 valence electrons. The van der Waals surface area contributed by atoms with Crippen LogP contribution in [0, 0.1) is 0 Å². The average Bonchev–Trinajstić information content (AvgIpc) is 2.71. The minimum atomic E-state index is 0.529. The molecule has 0 radical (unpaired) electrons. The van der Waals surface area contributed by atoms with Crippen LogP contribution >= 0.6 is 0 Å². The molecule has 0 amide bonds. The Bertz CT molecular complexity index is 402. The van der Waals surface area contributed by atoms with Crippen LogP contribution in [-0.2, 0) is 6.54 Å². The molecule has 1 saturated carbocycles. The van der Waals surface area contributed by atoms with Gasteiger partial charge in [-0.25, -0.2) is 0 Å². The first-order valence-electron chi connectivity index (χ1n) is 8.14. The van der Waals surface area contributed by atoms with Crippen LogP contribution in [0.4, 0.5) is 0 Å². The van der Waals surface area contributed by atoms with E-state index in [4.69, 9.17) is 4.74 Å². The molecular weight excluding hydrogens is 250 g/mol. The van der Waals surface area contributed by atoms with E-state index in [2.05, 4.69) is 28.9 Å². The average molecular weight is 279 g/mol. The lowest BCUT2D eigenvalue weighted by Crippen LogP contribution is -2.35. The molecule has 4 heteroatoms. The third-order valence-corrected chi connectivity index (χ3v) is 4.33. The quantitative estimate of drug-likeness (QED) is 0.812. The molecule has 4 nitrogen and oxygen atoms in total. The molecule has 1 aliphatic carbocycles. The van der Waals surface area contributed by atoms with Crippen LogP contribution in [0.2, 0.25) is 0 Å². The Kier molecular flexibility index (Phi) is 5.89. The maximum Gasteiger partial charge on any atom is 0.160 e. The fraction of sp³-hybridized carbons (Fsp3) is 0.812. The summed E-state index contributed by atoms with van der Waals surface area (Å²) in [4.78, 5) is 0. The predicted octanol–water partition coefficient (Wildman–Crippen LogP) is 3.33. The third kappa shape index (κ3) is 3.35. The lowest BCUT2D eigenvalue weighted by atomic mass is 9.90. The van der Waals surface area contributed by atoms with Crippen molar-refractivity contribution < 1.29 is 4.74 Å². The Morgan fingerprint density at radius 1 is 1.30 bits per heavy atom. The molecule has 1 heterocycles.